The fraction of sp³-hybridized carbons (Fsp3) is 0.529. The second-order valence-corrected chi connectivity index (χ2v) is 7.04. The lowest BCUT2D eigenvalue weighted by Crippen LogP contribution is -2.38. The lowest BCUT2D eigenvalue weighted by molar-refractivity contribution is -0.311. The quantitative estimate of drug-likeness (QED) is 0.811. The fourth-order valence-corrected chi connectivity index (χ4v) is 2.80. The first kappa shape index (κ1) is 19.9. The topological polar surface area (TPSA) is 78.9 Å². The molecule has 0 aliphatic carbocycles. The first-order valence-corrected chi connectivity index (χ1v) is 7.90. The van der Waals surface area contributed by atoms with E-state index in [4.69, 9.17) is 4.74 Å². The molecular formula is C17H19F3NO5-. The van der Waals surface area contributed by atoms with Crippen LogP contribution in [0.5, 0.6) is 5.75 Å². The molecule has 2 atom stereocenters. The Labute approximate surface area is 148 Å². The Bertz CT molecular complexity index is 684. The Morgan fingerprint density at radius 1 is 1.19 bits per heavy atom. The molecule has 0 aromatic heterocycles. The van der Waals surface area contributed by atoms with Crippen molar-refractivity contribution >= 4 is 12.1 Å². The van der Waals surface area contributed by atoms with Crippen molar-refractivity contribution in [2.24, 2.45) is 5.92 Å². The number of aliphatic carboxylic acids is 1. The van der Waals surface area contributed by atoms with Gasteiger partial charge in [0.05, 0.1) is 0 Å². The number of nitrogens with zero attached hydrogens (tertiary/aromatic N) is 1. The van der Waals surface area contributed by atoms with Gasteiger partial charge in [-0.1, -0.05) is 12.1 Å². The lowest BCUT2D eigenvalue weighted by atomic mass is 9.89. The molecule has 1 aromatic rings. The summed E-state index contributed by atoms with van der Waals surface area (Å²) in [6, 6.07) is 5.06. The number of carbonyl (C=O) groups is 2. The van der Waals surface area contributed by atoms with Crippen LogP contribution in [0.25, 0.3) is 0 Å². The van der Waals surface area contributed by atoms with E-state index in [2.05, 4.69) is 4.74 Å². The van der Waals surface area contributed by atoms with E-state index in [0.29, 0.717) is 5.56 Å². The van der Waals surface area contributed by atoms with Crippen LogP contribution >= 0.6 is 0 Å². The molecule has 0 spiro atoms. The first-order valence-electron chi connectivity index (χ1n) is 7.90. The van der Waals surface area contributed by atoms with Crippen LogP contribution in [0.3, 0.4) is 0 Å². The van der Waals surface area contributed by atoms with Gasteiger partial charge in [-0.15, -0.1) is 13.2 Å². The van der Waals surface area contributed by atoms with Crippen LogP contribution in [-0.2, 0) is 9.53 Å². The van der Waals surface area contributed by atoms with Gasteiger partial charge in [-0.2, -0.15) is 0 Å². The number of benzene rings is 1. The van der Waals surface area contributed by atoms with E-state index < -0.39 is 41.6 Å². The van der Waals surface area contributed by atoms with Crippen molar-refractivity contribution in [3.8, 4) is 5.75 Å². The van der Waals surface area contributed by atoms with Gasteiger partial charge in [0.15, 0.2) is 0 Å². The molecule has 0 bridgehead atoms. The van der Waals surface area contributed by atoms with Crippen LogP contribution in [0.4, 0.5) is 18.0 Å². The largest absolute Gasteiger partial charge is 0.573 e. The predicted octanol–water partition coefficient (Wildman–Crippen LogP) is 2.29. The van der Waals surface area contributed by atoms with Crippen LogP contribution in [0.2, 0.25) is 0 Å². The molecule has 1 saturated heterocycles. The molecule has 1 amide bonds. The molecule has 1 aliphatic heterocycles. The lowest BCUT2D eigenvalue weighted by Gasteiger charge is -2.24. The van der Waals surface area contributed by atoms with Gasteiger partial charge in [-0.25, -0.2) is 4.79 Å². The first-order chi connectivity index (χ1) is 11.9. The van der Waals surface area contributed by atoms with Crippen molar-refractivity contribution in [3.05, 3.63) is 29.8 Å². The van der Waals surface area contributed by atoms with Gasteiger partial charge in [0.1, 0.15) is 11.4 Å². The highest BCUT2D eigenvalue weighted by Crippen LogP contribution is 2.35. The summed E-state index contributed by atoms with van der Waals surface area (Å²) in [5, 5.41) is 11.5. The third kappa shape index (κ3) is 5.27. The van der Waals surface area contributed by atoms with E-state index in [1.165, 1.54) is 17.0 Å². The molecule has 0 radical (unpaired) electrons. The zero-order valence-corrected chi connectivity index (χ0v) is 14.5. The van der Waals surface area contributed by atoms with Crippen molar-refractivity contribution < 1.29 is 37.3 Å². The second-order valence-electron chi connectivity index (χ2n) is 7.04. The Balaban J connectivity index is 2.23. The Hall–Kier alpha value is -2.45. The maximum absolute atomic E-state index is 12.4. The maximum Gasteiger partial charge on any atom is 0.573 e. The zero-order valence-electron chi connectivity index (χ0n) is 14.5. The molecule has 6 nitrogen and oxygen atoms in total. The van der Waals surface area contributed by atoms with Gasteiger partial charge >= 0.3 is 12.5 Å². The van der Waals surface area contributed by atoms with Gasteiger partial charge in [0.25, 0.3) is 0 Å². The summed E-state index contributed by atoms with van der Waals surface area (Å²) < 4.78 is 46.2. The molecule has 0 N–H and O–H groups in total. The van der Waals surface area contributed by atoms with Crippen molar-refractivity contribution in [2.75, 3.05) is 13.1 Å². The highest BCUT2D eigenvalue weighted by Gasteiger charge is 2.39. The van der Waals surface area contributed by atoms with E-state index in [1.54, 1.807) is 20.8 Å². The number of carbonyl (C=O) groups excluding carboxylic acids is 2. The second kappa shape index (κ2) is 7.05. The van der Waals surface area contributed by atoms with Gasteiger partial charge < -0.3 is 24.3 Å². The number of alkyl halides is 3. The molecule has 1 aliphatic rings. The molecule has 1 fully saturated rings. The van der Waals surface area contributed by atoms with Crippen LogP contribution in [0, 0.1) is 5.92 Å². The molecule has 0 saturated carbocycles. The number of halogens is 3. The monoisotopic (exact) mass is 374 g/mol. The molecule has 144 valence electrons. The Morgan fingerprint density at radius 2 is 1.85 bits per heavy atom. The van der Waals surface area contributed by atoms with E-state index >= 15 is 0 Å². The van der Waals surface area contributed by atoms with Crippen LogP contribution in [0.15, 0.2) is 24.3 Å². The summed E-state index contributed by atoms with van der Waals surface area (Å²) >= 11 is 0. The highest BCUT2D eigenvalue weighted by atomic mass is 19.4. The average Bonchev–Trinajstić information content (AvgIpc) is 2.89. The average molecular weight is 374 g/mol. The van der Waals surface area contributed by atoms with Crippen molar-refractivity contribution in [1.82, 2.24) is 4.90 Å². The van der Waals surface area contributed by atoms with Crippen molar-refractivity contribution in [1.29, 1.82) is 0 Å². The molecular weight excluding hydrogens is 355 g/mol. The van der Waals surface area contributed by atoms with E-state index in [0.717, 1.165) is 12.1 Å². The third-order valence-electron chi connectivity index (χ3n) is 3.79. The normalized spacial score (nSPS) is 20.8. The number of rotatable bonds is 3. The van der Waals surface area contributed by atoms with Gasteiger partial charge in [0, 0.05) is 30.9 Å². The van der Waals surface area contributed by atoms with Gasteiger partial charge in [-0.05, 0) is 38.5 Å². The van der Waals surface area contributed by atoms with Crippen molar-refractivity contribution in [3.63, 3.8) is 0 Å². The number of likely N-dealkylation sites (tertiary alicyclic amines) is 1. The van der Waals surface area contributed by atoms with Crippen molar-refractivity contribution in [2.45, 2.75) is 38.7 Å². The molecule has 26 heavy (non-hydrogen) atoms. The summed E-state index contributed by atoms with van der Waals surface area (Å²) in [5.74, 6) is -3.64. The third-order valence-corrected chi connectivity index (χ3v) is 3.79. The molecule has 1 aromatic carbocycles. The summed E-state index contributed by atoms with van der Waals surface area (Å²) in [4.78, 5) is 24.8. The molecule has 9 heteroatoms. The number of hydrogen-bond donors (Lipinski definition) is 0. The Morgan fingerprint density at radius 3 is 2.38 bits per heavy atom. The SMILES string of the molecule is CC(C)(C)OC(=O)N1C[C@H](C(=O)[O-])[C@@H](c2cccc(OC(F)(F)F)c2)C1. The van der Waals surface area contributed by atoms with Gasteiger partial charge in [-0.3, -0.25) is 0 Å². The minimum absolute atomic E-state index is 0.0109. The minimum Gasteiger partial charge on any atom is -0.550 e. The maximum atomic E-state index is 12.4. The fourth-order valence-electron chi connectivity index (χ4n) is 2.80. The van der Waals surface area contributed by atoms with E-state index in [9.17, 15) is 27.9 Å². The minimum atomic E-state index is -4.86. The number of amides is 1. The predicted molar refractivity (Wildman–Crippen MR) is 82.2 cm³/mol. The smallest absolute Gasteiger partial charge is 0.550 e. The summed E-state index contributed by atoms with van der Waals surface area (Å²) in [7, 11) is 0. The molecule has 0 unspecified atom stereocenters. The van der Waals surface area contributed by atoms with E-state index in [1.807, 2.05) is 0 Å². The number of carboxylic acid groups (broad SMARTS) is 1. The number of carboxylic acids is 1. The Kier molecular flexibility index (Phi) is 5.39. The van der Waals surface area contributed by atoms with Crippen LogP contribution in [-0.4, -0.2) is 42.0 Å². The van der Waals surface area contributed by atoms with Gasteiger partial charge in [0.2, 0.25) is 0 Å². The highest BCUT2D eigenvalue weighted by molar-refractivity contribution is 5.74. The van der Waals surface area contributed by atoms with E-state index in [-0.39, 0.29) is 13.1 Å². The zero-order chi connectivity index (χ0) is 19.7. The molecule has 2 rings (SSSR count). The number of ether oxygens (including phenoxy) is 2. The van der Waals surface area contributed by atoms with Crippen LogP contribution < -0.4 is 9.84 Å². The number of hydrogen-bond acceptors (Lipinski definition) is 5. The summed E-state index contributed by atoms with van der Waals surface area (Å²) in [6.07, 6.45) is -5.54. The molecule has 1 heterocycles. The standard InChI is InChI=1S/C17H20F3NO5/c1-16(2,3)26-15(24)21-8-12(13(9-21)14(22)23)10-5-4-6-11(7-10)25-17(18,19)20/h4-7,12-13H,8-9H2,1-3H3,(H,22,23)/p-1/t12-,13+/m1/s1. The van der Waals surface area contributed by atoms with Crippen LogP contribution in [0.1, 0.15) is 32.3 Å². The summed E-state index contributed by atoms with van der Waals surface area (Å²) in [5.41, 5.74) is -0.445. The summed E-state index contributed by atoms with van der Waals surface area (Å²) in [6.45, 7) is 4.86.